The number of hydrogen-bond acceptors (Lipinski definition) is 3. The van der Waals surface area contributed by atoms with Crippen LogP contribution in [0.4, 0.5) is 13.2 Å². The van der Waals surface area contributed by atoms with Gasteiger partial charge in [0.05, 0.1) is 5.69 Å². The first-order chi connectivity index (χ1) is 13.6. The third-order valence-corrected chi connectivity index (χ3v) is 7.70. The standard InChI is InChI=1S/C22H20F3NS2/c23-17-10-6-15(7-11-17)22(20-14-27-21(25)26-20,16-8-12-18(24)13-9-16)28-19-4-2-1-3-5-19/h6-14,19H,1-5H2. The third kappa shape index (κ3) is 3.85. The van der Waals surface area contributed by atoms with Crippen molar-refractivity contribution in [2.45, 2.75) is 42.1 Å². The molecule has 0 N–H and O–H groups in total. The molecule has 4 rings (SSSR count). The van der Waals surface area contributed by atoms with Crippen molar-refractivity contribution in [3.05, 3.63) is 87.6 Å². The molecule has 3 aromatic rings. The molecule has 0 aliphatic heterocycles. The van der Waals surface area contributed by atoms with E-state index in [9.17, 15) is 13.2 Å². The number of halogens is 3. The molecule has 1 nitrogen and oxygen atoms in total. The maximum atomic E-state index is 14.0. The zero-order valence-electron chi connectivity index (χ0n) is 15.2. The number of thiazole rings is 1. The summed E-state index contributed by atoms with van der Waals surface area (Å²) in [4.78, 5) is 4.19. The van der Waals surface area contributed by atoms with E-state index in [1.54, 1.807) is 41.4 Å². The van der Waals surface area contributed by atoms with Gasteiger partial charge in [0.1, 0.15) is 16.4 Å². The topological polar surface area (TPSA) is 12.9 Å². The van der Waals surface area contributed by atoms with Gasteiger partial charge in [0, 0.05) is 10.6 Å². The predicted molar refractivity (Wildman–Crippen MR) is 109 cm³/mol. The molecule has 0 spiro atoms. The van der Waals surface area contributed by atoms with Crippen LogP contribution in [0.2, 0.25) is 0 Å². The fraction of sp³-hybridized carbons (Fsp3) is 0.318. The number of benzene rings is 2. The molecule has 0 bridgehead atoms. The van der Waals surface area contributed by atoms with E-state index < -0.39 is 10.0 Å². The van der Waals surface area contributed by atoms with Gasteiger partial charge in [-0.1, -0.05) is 54.9 Å². The third-order valence-electron chi connectivity index (χ3n) is 5.23. The van der Waals surface area contributed by atoms with Gasteiger partial charge in [-0.3, -0.25) is 0 Å². The Morgan fingerprint density at radius 1 is 0.821 bits per heavy atom. The fourth-order valence-electron chi connectivity index (χ4n) is 3.87. The second-order valence-electron chi connectivity index (χ2n) is 7.06. The monoisotopic (exact) mass is 419 g/mol. The highest BCUT2D eigenvalue weighted by atomic mass is 32.2. The highest BCUT2D eigenvalue weighted by Gasteiger charge is 2.42. The molecule has 2 aromatic carbocycles. The van der Waals surface area contributed by atoms with Gasteiger partial charge in [-0.05, 0) is 48.2 Å². The minimum atomic E-state index is -0.815. The predicted octanol–water partition coefficient (Wildman–Crippen LogP) is 6.92. The number of hydrogen-bond donors (Lipinski definition) is 0. The van der Waals surface area contributed by atoms with Crippen LogP contribution in [0.3, 0.4) is 0 Å². The van der Waals surface area contributed by atoms with Gasteiger partial charge in [0.2, 0.25) is 0 Å². The fourth-order valence-corrected chi connectivity index (χ4v) is 6.38. The highest BCUT2D eigenvalue weighted by Crippen LogP contribution is 2.52. The van der Waals surface area contributed by atoms with Gasteiger partial charge in [0.25, 0.3) is 5.26 Å². The SMILES string of the molecule is Fc1ccc(C(SC2CCCCC2)(c2ccc(F)cc2)c2csc(F)n2)cc1. The van der Waals surface area contributed by atoms with Crippen molar-refractivity contribution in [1.29, 1.82) is 0 Å². The lowest BCUT2D eigenvalue weighted by atomic mass is 9.87. The van der Waals surface area contributed by atoms with Crippen LogP contribution in [0.5, 0.6) is 0 Å². The molecule has 0 amide bonds. The smallest absolute Gasteiger partial charge is 0.212 e. The van der Waals surface area contributed by atoms with Crippen LogP contribution in [0, 0.1) is 16.9 Å². The van der Waals surface area contributed by atoms with E-state index >= 15 is 0 Å². The molecule has 0 radical (unpaired) electrons. The Balaban J connectivity index is 1.91. The highest BCUT2D eigenvalue weighted by molar-refractivity contribution is 8.01. The summed E-state index contributed by atoms with van der Waals surface area (Å²) >= 11 is 2.68. The first-order valence-corrected chi connectivity index (χ1v) is 11.2. The lowest BCUT2D eigenvalue weighted by Crippen LogP contribution is -2.30. The largest absolute Gasteiger partial charge is 0.269 e. The zero-order chi connectivity index (χ0) is 19.6. The van der Waals surface area contributed by atoms with Gasteiger partial charge in [-0.2, -0.15) is 4.39 Å². The van der Waals surface area contributed by atoms with Crippen LogP contribution in [-0.4, -0.2) is 10.2 Å². The van der Waals surface area contributed by atoms with E-state index in [0.29, 0.717) is 10.9 Å². The molecular formula is C22H20F3NS2. The van der Waals surface area contributed by atoms with Crippen LogP contribution in [0.15, 0.2) is 53.9 Å². The minimum Gasteiger partial charge on any atom is -0.212 e. The Bertz CT molecular complexity index is 870. The molecule has 1 heterocycles. The summed E-state index contributed by atoms with van der Waals surface area (Å²) < 4.78 is 40.5. The molecule has 0 atom stereocenters. The number of aromatic nitrogens is 1. The molecule has 1 aromatic heterocycles. The van der Waals surface area contributed by atoms with Gasteiger partial charge in [0.15, 0.2) is 0 Å². The molecule has 1 saturated carbocycles. The van der Waals surface area contributed by atoms with Crippen molar-refractivity contribution >= 4 is 23.1 Å². The number of nitrogens with zero attached hydrogens (tertiary/aromatic N) is 1. The molecule has 0 unspecified atom stereocenters. The summed E-state index contributed by atoms with van der Waals surface area (Å²) in [6, 6.07) is 12.6. The maximum absolute atomic E-state index is 14.0. The second-order valence-corrected chi connectivity index (χ2v) is 9.38. The van der Waals surface area contributed by atoms with E-state index in [-0.39, 0.29) is 11.6 Å². The molecule has 1 aliphatic rings. The van der Waals surface area contributed by atoms with Crippen molar-refractivity contribution in [2.24, 2.45) is 0 Å². The summed E-state index contributed by atoms with van der Waals surface area (Å²) in [6.45, 7) is 0. The molecular weight excluding hydrogens is 399 g/mol. The first-order valence-electron chi connectivity index (χ1n) is 9.39. The second kappa shape index (κ2) is 8.29. The summed E-state index contributed by atoms with van der Waals surface area (Å²) in [6.07, 6.45) is 5.68. The van der Waals surface area contributed by atoms with Crippen LogP contribution in [0.25, 0.3) is 0 Å². The van der Waals surface area contributed by atoms with Gasteiger partial charge in [-0.25, -0.2) is 13.8 Å². The molecule has 0 saturated heterocycles. The lowest BCUT2D eigenvalue weighted by Gasteiger charge is -2.37. The van der Waals surface area contributed by atoms with E-state index in [1.165, 1.54) is 30.7 Å². The minimum absolute atomic E-state index is 0.330. The summed E-state index contributed by atoms with van der Waals surface area (Å²) in [5, 5.41) is 1.58. The number of rotatable bonds is 5. The van der Waals surface area contributed by atoms with Crippen molar-refractivity contribution in [3.8, 4) is 0 Å². The van der Waals surface area contributed by atoms with Crippen molar-refractivity contribution in [2.75, 3.05) is 0 Å². The lowest BCUT2D eigenvalue weighted by molar-refractivity contribution is 0.513. The Morgan fingerprint density at radius 3 is 1.82 bits per heavy atom. The van der Waals surface area contributed by atoms with Crippen molar-refractivity contribution in [3.63, 3.8) is 0 Å². The van der Waals surface area contributed by atoms with E-state index in [4.69, 9.17) is 0 Å². The van der Waals surface area contributed by atoms with E-state index in [0.717, 1.165) is 48.1 Å². The summed E-state index contributed by atoms with van der Waals surface area (Å²) in [5.41, 5.74) is 2.21. The molecule has 28 heavy (non-hydrogen) atoms. The van der Waals surface area contributed by atoms with Crippen LogP contribution < -0.4 is 0 Å². The van der Waals surface area contributed by atoms with Crippen LogP contribution >= 0.6 is 23.1 Å². The van der Waals surface area contributed by atoms with Gasteiger partial charge in [-0.15, -0.1) is 11.8 Å². The Labute approximate surface area is 171 Å². The Morgan fingerprint density at radius 2 is 1.36 bits per heavy atom. The normalized spacial score (nSPS) is 15.7. The quantitative estimate of drug-likeness (QED) is 0.445. The molecule has 146 valence electrons. The Hall–Kier alpha value is -1.79. The molecule has 1 fully saturated rings. The summed E-state index contributed by atoms with van der Waals surface area (Å²) in [5.74, 6) is -0.659. The number of thioether (sulfide) groups is 1. The summed E-state index contributed by atoms with van der Waals surface area (Å²) in [7, 11) is 0. The average molecular weight is 420 g/mol. The van der Waals surface area contributed by atoms with Crippen molar-refractivity contribution < 1.29 is 13.2 Å². The average Bonchev–Trinajstić information content (AvgIpc) is 3.15. The van der Waals surface area contributed by atoms with Crippen molar-refractivity contribution in [1.82, 2.24) is 4.98 Å². The van der Waals surface area contributed by atoms with Crippen LogP contribution in [-0.2, 0) is 4.75 Å². The Kier molecular flexibility index (Phi) is 5.78. The molecule has 6 heteroatoms. The van der Waals surface area contributed by atoms with Gasteiger partial charge < -0.3 is 0 Å². The zero-order valence-corrected chi connectivity index (χ0v) is 16.8. The van der Waals surface area contributed by atoms with E-state index in [1.807, 2.05) is 0 Å². The van der Waals surface area contributed by atoms with E-state index in [2.05, 4.69) is 4.98 Å². The van der Waals surface area contributed by atoms with Crippen LogP contribution in [0.1, 0.15) is 48.9 Å². The molecule has 1 aliphatic carbocycles. The maximum Gasteiger partial charge on any atom is 0.269 e. The first kappa shape index (κ1) is 19.5. The van der Waals surface area contributed by atoms with Gasteiger partial charge >= 0.3 is 0 Å².